The van der Waals surface area contributed by atoms with Gasteiger partial charge < -0.3 is 10.2 Å². The summed E-state index contributed by atoms with van der Waals surface area (Å²) in [4.78, 5) is 19.1. The second kappa shape index (κ2) is 11.2. The molecule has 0 unspecified atom stereocenters. The number of hydrogen-bond donors (Lipinski definition) is 1. The van der Waals surface area contributed by atoms with Crippen molar-refractivity contribution in [2.24, 2.45) is 0 Å². The zero-order valence-electron chi connectivity index (χ0n) is 19.8. The first kappa shape index (κ1) is 27.1. The lowest BCUT2D eigenvalue weighted by molar-refractivity contribution is -0.140. The van der Waals surface area contributed by atoms with Gasteiger partial charge in [0.05, 0.1) is 22.2 Å². The summed E-state index contributed by atoms with van der Waals surface area (Å²) in [6, 6.07) is 8.22. The average molecular weight is 547 g/mol. The quantitative estimate of drug-likeness (QED) is 0.542. The Morgan fingerprint density at radius 1 is 1.08 bits per heavy atom. The topological polar surface area (TPSA) is 38.8 Å². The normalized spacial score (nSPS) is 21.4. The van der Waals surface area contributed by atoms with Gasteiger partial charge in [-0.15, -0.1) is 0 Å². The van der Waals surface area contributed by atoms with Crippen LogP contribution in [0.4, 0.5) is 17.6 Å². The first-order valence-electron chi connectivity index (χ1n) is 11.7. The Bertz CT molecular complexity index is 1090. The van der Waals surface area contributed by atoms with Crippen molar-refractivity contribution in [2.75, 3.05) is 52.9 Å². The number of carbonyl (C=O) groups excluding carboxylic acids is 1. The SMILES string of the molecule is CN(Cc1ccc(C(F)(F)F)c(F)c1)[C@H]1CN(C(=O)CN2CCNCC2)C[C@@H]1c1ccc(Cl)c(Cl)c1. The molecule has 0 aliphatic carbocycles. The number of hydrogen-bond acceptors (Lipinski definition) is 4. The summed E-state index contributed by atoms with van der Waals surface area (Å²) in [6.45, 7) is 4.75. The van der Waals surface area contributed by atoms with E-state index in [0.29, 0.717) is 35.2 Å². The van der Waals surface area contributed by atoms with Gasteiger partial charge in [0.15, 0.2) is 0 Å². The van der Waals surface area contributed by atoms with E-state index in [0.717, 1.165) is 43.9 Å². The number of likely N-dealkylation sites (N-methyl/N-ethyl adjacent to an activating group) is 1. The standard InChI is InChI=1S/C25H28Cl2F4N4O/c1-33(12-16-2-4-19(22(28)10-16)25(29,30)31)23-14-35(24(36)15-34-8-6-32-7-9-34)13-18(23)17-3-5-20(26)21(27)11-17/h2-5,10-11,18,23,32H,6-9,12-15H2,1H3/t18-,23+/m1/s1. The monoisotopic (exact) mass is 546 g/mol. The van der Waals surface area contributed by atoms with E-state index in [2.05, 4.69) is 10.2 Å². The van der Waals surface area contributed by atoms with Crippen molar-refractivity contribution >= 4 is 29.1 Å². The molecule has 2 aromatic rings. The maximum Gasteiger partial charge on any atom is 0.419 e. The Hall–Kier alpha value is -1.91. The largest absolute Gasteiger partial charge is 0.419 e. The van der Waals surface area contributed by atoms with Gasteiger partial charge in [-0.3, -0.25) is 14.6 Å². The van der Waals surface area contributed by atoms with Crippen LogP contribution in [0.2, 0.25) is 10.0 Å². The van der Waals surface area contributed by atoms with Crippen molar-refractivity contribution in [3.8, 4) is 0 Å². The van der Waals surface area contributed by atoms with Crippen LogP contribution >= 0.6 is 23.2 Å². The summed E-state index contributed by atoms with van der Waals surface area (Å²) in [7, 11) is 1.83. The molecule has 2 aromatic carbocycles. The second-order valence-electron chi connectivity index (χ2n) is 9.40. The molecule has 2 fully saturated rings. The van der Waals surface area contributed by atoms with Crippen LogP contribution < -0.4 is 5.32 Å². The van der Waals surface area contributed by atoms with Gasteiger partial charge in [-0.2, -0.15) is 13.2 Å². The van der Waals surface area contributed by atoms with E-state index in [1.54, 1.807) is 12.1 Å². The summed E-state index contributed by atoms with van der Waals surface area (Å²) in [5, 5.41) is 4.11. The van der Waals surface area contributed by atoms with E-state index in [1.807, 2.05) is 22.9 Å². The number of amides is 1. The number of likely N-dealkylation sites (tertiary alicyclic amines) is 1. The van der Waals surface area contributed by atoms with Crippen LogP contribution in [0.5, 0.6) is 0 Å². The molecule has 0 saturated carbocycles. The molecule has 2 aliphatic rings. The van der Waals surface area contributed by atoms with Gasteiger partial charge in [0.2, 0.25) is 5.91 Å². The molecule has 36 heavy (non-hydrogen) atoms. The highest BCUT2D eigenvalue weighted by atomic mass is 35.5. The summed E-state index contributed by atoms with van der Waals surface area (Å²) < 4.78 is 53.0. The minimum absolute atomic E-state index is 0.0263. The van der Waals surface area contributed by atoms with E-state index < -0.39 is 17.6 Å². The molecule has 11 heteroatoms. The first-order valence-corrected chi connectivity index (χ1v) is 12.5. The van der Waals surface area contributed by atoms with E-state index in [1.165, 1.54) is 6.07 Å². The minimum atomic E-state index is -4.75. The number of piperazine rings is 1. The van der Waals surface area contributed by atoms with Gasteiger partial charge in [-0.25, -0.2) is 4.39 Å². The zero-order valence-corrected chi connectivity index (χ0v) is 21.3. The average Bonchev–Trinajstić information content (AvgIpc) is 3.27. The molecule has 1 N–H and O–H groups in total. The lowest BCUT2D eigenvalue weighted by Gasteiger charge is -2.30. The van der Waals surface area contributed by atoms with Crippen LogP contribution in [0, 0.1) is 5.82 Å². The van der Waals surface area contributed by atoms with Gasteiger partial charge in [-0.1, -0.05) is 35.3 Å². The Balaban J connectivity index is 1.53. The van der Waals surface area contributed by atoms with E-state index in [9.17, 15) is 22.4 Å². The summed E-state index contributed by atoms with van der Waals surface area (Å²) >= 11 is 12.4. The lowest BCUT2D eigenvalue weighted by Crippen LogP contribution is -2.48. The summed E-state index contributed by atoms with van der Waals surface area (Å²) in [5.74, 6) is -1.37. The fourth-order valence-corrected chi connectivity index (χ4v) is 5.27. The molecule has 1 amide bonds. The predicted molar refractivity (Wildman–Crippen MR) is 132 cm³/mol. The highest BCUT2D eigenvalue weighted by Gasteiger charge is 2.39. The number of nitrogens with zero attached hydrogens (tertiary/aromatic N) is 3. The van der Waals surface area contributed by atoms with Crippen LogP contribution in [0.1, 0.15) is 22.6 Å². The number of nitrogens with one attached hydrogen (secondary N) is 1. The first-order chi connectivity index (χ1) is 17.0. The number of rotatable bonds is 6. The molecule has 196 valence electrons. The summed E-state index contributed by atoms with van der Waals surface area (Å²) in [5.41, 5.74) is 0.0481. The smallest absolute Gasteiger partial charge is 0.339 e. The van der Waals surface area contributed by atoms with Crippen LogP contribution in [-0.4, -0.2) is 79.5 Å². The lowest BCUT2D eigenvalue weighted by atomic mass is 9.93. The van der Waals surface area contributed by atoms with Crippen LogP contribution in [0.15, 0.2) is 36.4 Å². The second-order valence-corrected chi connectivity index (χ2v) is 10.2. The number of benzene rings is 2. The number of alkyl halides is 3. The third-order valence-electron chi connectivity index (χ3n) is 6.92. The van der Waals surface area contributed by atoms with E-state index in [4.69, 9.17) is 23.2 Å². The van der Waals surface area contributed by atoms with Crippen molar-refractivity contribution in [1.82, 2.24) is 20.0 Å². The maximum atomic E-state index is 14.2. The molecule has 2 saturated heterocycles. The Morgan fingerprint density at radius 2 is 1.81 bits per heavy atom. The Morgan fingerprint density at radius 3 is 2.44 bits per heavy atom. The van der Waals surface area contributed by atoms with Crippen molar-refractivity contribution in [3.05, 3.63) is 69.0 Å². The Labute approximate surface area is 217 Å². The molecule has 0 aromatic heterocycles. The molecule has 5 nitrogen and oxygen atoms in total. The minimum Gasteiger partial charge on any atom is -0.339 e. The zero-order chi connectivity index (χ0) is 26.0. The molecule has 0 radical (unpaired) electrons. The molecular formula is C25H28Cl2F4N4O. The third-order valence-corrected chi connectivity index (χ3v) is 7.66. The van der Waals surface area contributed by atoms with Crippen molar-refractivity contribution in [3.63, 3.8) is 0 Å². The van der Waals surface area contributed by atoms with E-state index >= 15 is 0 Å². The van der Waals surface area contributed by atoms with Gasteiger partial charge in [0.1, 0.15) is 5.82 Å². The van der Waals surface area contributed by atoms with Gasteiger partial charge in [-0.05, 0) is 42.4 Å². The third kappa shape index (κ3) is 6.31. The van der Waals surface area contributed by atoms with Crippen molar-refractivity contribution < 1.29 is 22.4 Å². The van der Waals surface area contributed by atoms with Crippen LogP contribution in [0.3, 0.4) is 0 Å². The van der Waals surface area contributed by atoms with Crippen LogP contribution in [-0.2, 0) is 17.5 Å². The van der Waals surface area contributed by atoms with Crippen molar-refractivity contribution in [1.29, 1.82) is 0 Å². The maximum absolute atomic E-state index is 14.2. The van der Waals surface area contributed by atoms with Crippen molar-refractivity contribution in [2.45, 2.75) is 24.7 Å². The van der Waals surface area contributed by atoms with Gasteiger partial charge in [0, 0.05) is 57.8 Å². The van der Waals surface area contributed by atoms with Gasteiger partial charge in [0.25, 0.3) is 0 Å². The fraction of sp³-hybridized carbons (Fsp3) is 0.480. The molecule has 2 aliphatic heterocycles. The molecule has 2 heterocycles. The summed E-state index contributed by atoms with van der Waals surface area (Å²) in [6.07, 6.45) is -4.75. The fourth-order valence-electron chi connectivity index (χ4n) is 4.96. The van der Waals surface area contributed by atoms with Crippen LogP contribution in [0.25, 0.3) is 0 Å². The predicted octanol–water partition coefficient (Wildman–Crippen LogP) is 4.48. The van der Waals surface area contributed by atoms with E-state index in [-0.39, 0.29) is 24.4 Å². The molecule has 0 spiro atoms. The Kier molecular flexibility index (Phi) is 8.46. The molecule has 4 rings (SSSR count). The molecule has 0 bridgehead atoms. The highest BCUT2D eigenvalue weighted by Crippen LogP contribution is 2.36. The van der Waals surface area contributed by atoms with Gasteiger partial charge >= 0.3 is 6.18 Å². The molecule has 2 atom stereocenters. The number of halogens is 6. The molecular weight excluding hydrogens is 519 g/mol. The number of carbonyl (C=O) groups is 1. The highest BCUT2D eigenvalue weighted by molar-refractivity contribution is 6.42.